The van der Waals surface area contributed by atoms with Gasteiger partial charge in [-0.3, -0.25) is 19.2 Å². The molecule has 0 heterocycles. The molecule has 3 amide bonds. The maximum atomic E-state index is 11.7. The van der Waals surface area contributed by atoms with Crippen molar-refractivity contribution in [1.29, 1.82) is 0 Å². The summed E-state index contributed by atoms with van der Waals surface area (Å²) in [5.74, 6) is -0.679. The zero-order valence-corrected chi connectivity index (χ0v) is 23.4. The fourth-order valence-electron chi connectivity index (χ4n) is 2.70. The molecule has 40 heavy (non-hydrogen) atoms. The van der Waals surface area contributed by atoms with E-state index < -0.39 is 0 Å². The number of carbonyl (C=O) groups is 4. The molecule has 230 valence electrons. The standard InChI is InChI=1S/C24H44N6O10/c1-21(31)18-38-15-12-36-10-7-27-23(33)20-40-17-14-37-11-8-28-24(34)19-39-16-13-35-9-6-26-22(32)4-2-3-5-29-30-25/h2-20H2,1H3,(H,26,32)(H,27,33)(H,28,34). The number of amides is 3. The fourth-order valence-corrected chi connectivity index (χ4v) is 2.70. The number of azide groups is 1. The highest BCUT2D eigenvalue weighted by atomic mass is 16.5. The van der Waals surface area contributed by atoms with Crippen LogP contribution in [-0.4, -0.2) is 129 Å². The number of hydrogen-bond acceptors (Lipinski definition) is 11. The van der Waals surface area contributed by atoms with E-state index in [1.54, 1.807) is 0 Å². The van der Waals surface area contributed by atoms with Gasteiger partial charge < -0.3 is 44.4 Å². The summed E-state index contributed by atoms with van der Waals surface area (Å²) in [6.45, 7) is 5.39. The predicted octanol–water partition coefficient (Wildman–Crippen LogP) is -0.496. The molecule has 0 radical (unpaired) electrons. The molecule has 0 aliphatic heterocycles. The monoisotopic (exact) mass is 576 g/mol. The lowest BCUT2D eigenvalue weighted by Gasteiger charge is -2.09. The van der Waals surface area contributed by atoms with E-state index in [1.165, 1.54) is 6.92 Å². The zero-order valence-electron chi connectivity index (χ0n) is 23.4. The lowest BCUT2D eigenvalue weighted by molar-refractivity contribution is -0.127. The highest BCUT2D eigenvalue weighted by molar-refractivity contribution is 5.77. The number of ketones is 1. The number of hydrogen-bond donors (Lipinski definition) is 3. The molecule has 0 aromatic heterocycles. The van der Waals surface area contributed by atoms with Gasteiger partial charge in [-0.15, -0.1) is 0 Å². The van der Waals surface area contributed by atoms with Crippen molar-refractivity contribution in [2.75, 3.05) is 105 Å². The summed E-state index contributed by atoms with van der Waals surface area (Å²) in [6, 6.07) is 0. The van der Waals surface area contributed by atoms with Crippen LogP contribution in [0.3, 0.4) is 0 Å². The van der Waals surface area contributed by atoms with Gasteiger partial charge in [-0.05, 0) is 25.3 Å². The number of nitrogens with zero attached hydrogens (tertiary/aromatic N) is 3. The Kier molecular flexibility index (Phi) is 27.1. The molecule has 0 atom stereocenters. The topological polar surface area (TPSA) is 209 Å². The molecule has 16 heteroatoms. The maximum absolute atomic E-state index is 11.7. The van der Waals surface area contributed by atoms with E-state index in [0.29, 0.717) is 78.5 Å². The molecule has 0 aliphatic carbocycles. The Labute approximate surface area is 234 Å². The summed E-state index contributed by atoms with van der Waals surface area (Å²) in [5.41, 5.74) is 8.16. The molecule has 0 bridgehead atoms. The third-order valence-corrected chi connectivity index (χ3v) is 4.57. The summed E-state index contributed by atoms with van der Waals surface area (Å²) in [6.07, 6.45) is 1.70. The molecule has 0 rings (SSSR count). The first-order valence-corrected chi connectivity index (χ1v) is 13.2. The lowest BCUT2D eigenvalue weighted by Crippen LogP contribution is -2.32. The zero-order chi connectivity index (χ0) is 29.5. The van der Waals surface area contributed by atoms with Crippen LogP contribution in [0.15, 0.2) is 5.11 Å². The Morgan fingerprint density at radius 2 is 1.02 bits per heavy atom. The molecule has 0 fully saturated rings. The van der Waals surface area contributed by atoms with Crippen molar-refractivity contribution >= 4 is 23.5 Å². The first kappa shape index (κ1) is 37.1. The second-order valence-corrected chi connectivity index (χ2v) is 8.16. The Hall–Kier alpha value is -2.85. The van der Waals surface area contributed by atoms with Crippen molar-refractivity contribution in [3.63, 3.8) is 0 Å². The summed E-state index contributed by atoms with van der Waals surface area (Å²) in [7, 11) is 0. The molecule has 16 nitrogen and oxygen atoms in total. The van der Waals surface area contributed by atoms with E-state index in [0.717, 1.165) is 0 Å². The lowest BCUT2D eigenvalue weighted by atomic mass is 10.2. The Balaban J connectivity index is 3.34. The van der Waals surface area contributed by atoms with E-state index in [9.17, 15) is 19.2 Å². The van der Waals surface area contributed by atoms with E-state index >= 15 is 0 Å². The van der Waals surface area contributed by atoms with Gasteiger partial charge in [0.2, 0.25) is 17.7 Å². The van der Waals surface area contributed by atoms with Crippen molar-refractivity contribution in [1.82, 2.24) is 16.0 Å². The van der Waals surface area contributed by atoms with Gasteiger partial charge in [0, 0.05) is 37.5 Å². The fraction of sp³-hybridized carbons (Fsp3) is 0.833. The van der Waals surface area contributed by atoms with E-state index in [-0.39, 0.29) is 69.8 Å². The van der Waals surface area contributed by atoms with E-state index in [2.05, 4.69) is 26.0 Å². The Morgan fingerprint density at radius 3 is 1.48 bits per heavy atom. The molecular formula is C24H44N6O10. The van der Waals surface area contributed by atoms with Crippen molar-refractivity contribution in [2.24, 2.45) is 5.11 Å². The summed E-state index contributed by atoms with van der Waals surface area (Å²) >= 11 is 0. The summed E-state index contributed by atoms with van der Waals surface area (Å²) in [5, 5.41) is 11.4. The third-order valence-electron chi connectivity index (χ3n) is 4.57. The average Bonchev–Trinajstić information content (AvgIpc) is 2.92. The van der Waals surface area contributed by atoms with E-state index in [4.69, 9.17) is 34.0 Å². The van der Waals surface area contributed by atoms with Gasteiger partial charge in [0.25, 0.3) is 0 Å². The second kappa shape index (κ2) is 29.1. The van der Waals surface area contributed by atoms with Crippen LogP contribution >= 0.6 is 0 Å². The first-order chi connectivity index (χ1) is 19.5. The molecule has 3 N–H and O–H groups in total. The number of rotatable bonds is 29. The molecule has 0 aromatic rings. The van der Waals surface area contributed by atoms with Crippen molar-refractivity contribution in [2.45, 2.75) is 26.2 Å². The van der Waals surface area contributed by atoms with Crippen LogP contribution in [0.4, 0.5) is 0 Å². The minimum Gasteiger partial charge on any atom is -0.377 e. The van der Waals surface area contributed by atoms with Gasteiger partial charge in [0.1, 0.15) is 19.8 Å². The number of ether oxygens (including phenoxy) is 6. The third kappa shape index (κ3) is 29.7. The predicted molar refractivity (Wildman–Crippen MR) is 142 cm³/mol. The van der Waals surface area contributed by atoms with Crippen LogP contribution in [0.25, 0.3) is 10.4 Å². The van der Waals surface area contributed by atoms with Crippen LogP contribution in [-0.2, 0) is 47.6 Å². The Bertz CT molecular complexity index is 737. The van der Waals surface area contributed by atoms with Gasteiger partial charge in [-0.2, -0.15) is 0 Å². The molecular weight excluding hydrogens is 532 g/mol. The van der Waals surface area contributed by atoms with Crippen molar-refractivity contribution in [3.05, 3.63) is 10.4 Å². The minimum atomic E-state index is -0.281. The van der Waals surface area contributed by atoms with Crippen LogP contribution in [0, 0.1) is 0 Å². The van der Waals surface area contributed by atoms with Crippen molar-refractivity contribution < 1.29 is 47.6 Å². The van der Waals surface area contributed by atoms with Gasteiger partial charge in [0.05, 0.1) is 59.5 Å². The van der Waals surface area contributed by atoms with Crippen LogP contribution < -0.4 is 16.0 Å². The smallest absolute Gasteiger partial charge is 0.246 e. The molecule has 0 spiro atoms. The highest BCUT2D eigenvalue weighted by Crippen LogP contribution is 1.95. The molecule has 0 saturated heterocycles. The van der Waals surface area contributed by atoms with E-state index in [1.807, 2.05) is 0 Å². The van der Waals surface area contributed by atoms with Gasteiger partial charge in [0.15, 0.2) is 5.78 Å². The Morgan fingerprint density at radius 1 is 0.600 bits per heavy atom. The minimum absolute atomic E-state index is 0.0450. The number of carbonyl (C=O) groups excluding carboxylic acids is 4. The largest absolute Gasteiger partial charge is 0.377 e. The number of unbranched alkanes of at least 4 members (excludes halogenated alkanes) is 1. The maximum Gasteiger partial charge on any atom is 0.246 e. The van der Waals surface area contributed by atoms with Crippen LogP contribution in [0.2, 0.25) is 0 Å². The number of Topliss-reactive ketones (excluding diaryl/α,β-unsaturated/α-hetero) is 1. The van der Waals surface area contributed by atoms with Crippen molar-refractivity contribution in [3.8, 4) is 0 Å². The summed E-state index contributed by atoms with van der Waals surface area (Å²) < 4.78 is 31.4. The molecule has 0 saturated carbocycles. The molecule has 0 aliphatic rings. The molecule has 0 aromatic carbocycles. The first-order valence-electron chi connectivity index (χ1n) is 13.2. The second-order valence-electron chi connectivity index (χ2n) is 8.16. The quantitative estimate of drug-likeness (QED) is 0.0450. The van der Waals surface area contributed by atoms with Crippen LogP contribution in [0.1, 0.15) is 26.2 Å². The number of nitrogens with one attached hydrogen (secondary N) is 3. The summed E-state index contributed by atoms with van der Waals surface area (Å²) in [4.78, 5) is 48.3. The van der Waals surface area contributed by atoms with Crippen LogP contribution in [0.5, 0.6) is 0 Å². The highest BCUT2D eigenvalue weighted by Gasteiger charge is 2.03. The van der Waals surface area contributed by atoms with Gasteiger partial charge >= 0.3 is 0 Å². The average molecular weight is 577 g/mol. The normalized spacial score (nSPS) is 10.5. The SMILES string of the molecule is CC(=O)COCCOCCNC(=O)COCCOCCNC(=O)COCCOCCNC(=O)CCCCN=[N+]=[N-]. The van der Waals surface area contributed by atoms with Gasteiger partial charge in [-0.25, -0.2) is 0 Å². The van der Waals surface area contributed by atoms with Gasteiger partial charge in [-0.1, -0.05) is 5.11 Å². The molecule has 0 unspecified atom stereocenters.